The number of rotatable bonds is 7. The minimum absolute atomic E-state index is 0.160. The number of nitrogens with one attached hydrogen (secondary N) is 1. The lowest BCUT2D eigenvalue weighted by Crippen LogP contribution is -2.16. The summed E-state index contributed by atoms with van der Waals surface area (Å²) < 4.78 is 9.95. The van der Waals surface area contributed by atoms with Gasteiger partial charge in [0, 0.05) is 12.1 Å². The third-order valence-corrected chi connectivity index (χ3v) is 3.80. The Morgan fingerprint density at radius 2 is 1.64 bits per heavy atom. The van der Waals surface area contributed by atoms with Crippen LogP contribution in [0.25, 0.3) is 0 Å². The molecule has 0 fully saturated rings. The van der Waals surface area contributed by atoms with Crippen LogP contribution in [0.15, 0.2) is 30.4 Å². The molecule has 0 unspecified atom stereocenters. The molecule has 134 valence electrons. The Labute approximate surface area is 147 Å². The number of esters is 2. The van der Waals surface area contributed by atoms with Crippen LogP contribution in [-0.4, -0.2) is 31.1 Å². The maximum atomic E-state index is 12.2. The average Bonchev–Trinajstić information content (AvgIpc) is 3.07. The Morgan fingerprint density at radius 3 is 2.12 bits per heavy atom. The molecule has 1 aromatic carbocycles. The zero-order valence-electron chi connectivity index (χ0n) is 14.5. The summed E-state index contributed by atoms with van der Waals surface area (Å²) in [5, 5.41) is 2.76. The molecular formula is C19H23NO5. The molecule has 25 heavy (non-hydrogen) atoms. The molecule has 0 heterocycles. The SMILES string of the molecule is CCOC(=O)c1cc(NC(=O)C[C@@H]2C=CCC2)cc(C(=O)OCC)c1. The van der Waals surface area contributed by atoms with Crippen LogP contribution in [-0.2, 0) is 14.3 Å². The summed E-state index contributed by atoms with van der Waals surface area (Å²) in [6.45, 7) is 3.84. The lowest BCUT2D eigenvalue weighted by molar-refractivity contribution is -0.116. The van der Waals surface area contributed by atoms with Gasteiger partial charge in [0.1, 0.15) is 0 Å². The van der Waals surface area contributed by atoms with Crippen molar-refractivity contribution in [1.29, 1.82) is 0 Å². The first kappa shape index (κ1) is 18.7. The van der Waals surface area contributed by atoms with E-state index in [1.165, 1.54) is 18.2 Å². The van der Waals surface area contributed by atoms with E-state index in [-0.39, 0.29) is 36.2 Å². The quantitative estimate of drug-likeness (QED) is 0.605. The number of hydrogen-bond donors (Lipinski definition) is 1. The Hall–Kier alpha value is -2.63. The number of hydrogen-bond acceptors (Lipinski definition) is 5. The van der Waals surface area contributed by atoms with Crippen molar-refractivity contribution in [3.8, 4) is 0 Å². The fourth-order valence-electron chi connectivity index (χ4n) is 2.68. The van der Waals surface area contributed by atoms with E-state index >= 15 is 0 Å². The fourth-order valence-corrected chi connectivity index (χ4v) is 2.68. The molecule has 1 N–H and O–H groups in total. The van der Waals surface area contributed by atoms with E-state index in [1.54, 1.807) is 13.8 Å². The lowest BCUT2D eigenvalue weighted by Gasteiger charge is -2.12. The summed E-state index contributed by atoms with van der Waals surface area (Å²) in [5.41, 5.74) is 0.771. The summed E-state index contributed by atoms with van der Waals surface area (Å²) in [4.78, 5) is 36.2. The lowest BCUT2D eigenvalue weighted by atomic mass is 10.0. The van der Waals surface area contributed by atoms with Crippen molar-refractivity contribution in [2.75, 3.05) is 18.5 Å². The highest BCUT2D eigenvalue weighted by Gasteiger charge is 2.18. The number of benzene rings is 1. The Kier molecular flexibility index (Phi) is 6.74. The van der Waals surface area contributed by atoms with Crippen molar-refractivity contribution in [3.63, 3.8) is 0 Å². The van der Waals surface area contributed by atoms with Gasteiger partial charge in [0.25, 0.3) is 0 Å². The van der Waals surface area contributed by atoms with E-state index < -0.39 is 11.9 Å². The maximum absolute atomic E-state index is 12.2. The minimum atomic E-state index is -0.553. The minimum Gasteiger partial charge on any atom is -0.462 e. The first-order valence-corrected chi connectivity index (χ1v) is 8.49. The van der Waals surface area contributed by atoms with Crippen LogP contribution in [0.3, 0.4) is 0 Å². The maximum Gasteiger partial charge on any atom is 0.338 e. The van der Waals surface area contributed by atoms with Crippen LogP contribution < -0.4 is 5.32 Å². The Balaban J connectivity index is 2.19. The van der Waals surface area contributed by atoms with Crippen molar-refractivity contribution in [1.82, 2.24) is 0 Å². The molecule has 1 aromatic rings. The van der Waals surface area contributed by atoms with E-state index in [9.17, 15) is 14.4 Å². The summed E-state index contributed by atoms with van der Waals surface area (Å²) in [5.74, 6) is -1.03. The largest absolute Gasteiger partial charge is 0.462 e. The predicted molar refractivity (Wildman–Crippen MR) is 93.5 cm³/mol. The molecule has 0 saturated carbocycles. The third-order valence-electron chi connectivity index (χ3n) is 3.80. The molecule has 1 atom stereocenters. The third kappa shape index (κ3) is 5.45. The van der Waals surface area contributed by atoms with Crippen LogP contribution in [0.4, 0.5) is 5.69 Å². The summed E-state index contributed by atoms with van der Waals surface area (Å²) in [7, 11) is 0. The number of carbonyl (C=O) groups is 3. The van der Waals surface area contributed by atoms with Crippen molar-refractivity contribution in [3.05, 3.63) is 41.5 Å². The predicted octanol–water partition coefficient (Wildman–Crippen LogP) is 3.33. The van der Waals surface area contributed by atoms with Gasteiger partial charge in [0.2, 0.25) is 5.91 Å². The van der Waals surface area contributed by atoms with Crippen molar-refractivity contribution in [2.45, 2.75) is 33.1 Å². The first-order valence-electron chi connectivity index (χ1n) is 8.49. The number of carbonyl (C=O) groups excluding carboxylic acids is 3. The second-order valence-corrected chi connectivity index (χ2v) is 5.76. The van der Waals surface area contributed by atoms with Crippen LogP contribution in [0, 0.1) is 5.92 Å². The van der Waals surface area contributed by atoms with E-state index in [1.807, 2.05) is 6.08 Å². The van der Waals surface area contributed by atoms with Crippen LogP contribution in [0.2, 0.25) is 0 Å². The summed E-state index contributed by atoms with van der Waals surface area (Å²) >= 11 is 0. The fraction of sp³-hybridized carbons (Fsp3) is 0.421. The van der Waals surface area contributed by atoms with Gasteiger partial charge in [-0.15, -0.1) is 0 Å². The zero-order valence-corrected chi connectivity index (χ0v) is 14.5. The molecule has 1 aliphatic carbocycles. The zero-order chi connectivity index (χ0) is 18.2. The Bertz CT molecular complexity index is 644. The van der Waals surface area contributed by atoms with Gasteiger partial charge >= 0.3 is 11.9 Å². The van der Waals surface area contributed by atoms with Gasteiger partial charge in [-0.3, -0.25) is 4.79 Å². The van der Waals surface area contributed by atoms with Gasteiger partial charge in [-0.1, -0.05) is 12.2 Å². The van der Waals surface area contributed by atoms with E-state index in [0.29, 0.717) is 12.1 Å². The van der Waals surface area contributed by atoms with Gasteiger partial charge < -0.3 is 14.8 Å². The molecular weight excluding hydrogens is 322 g/mol. The van der Waals surface area contributed by atoms with E-state index in [4.69, 9.17) is 9.47 Å². The first-order chi connectivity index (χ1) is 12.0. The number of anilines is 1. The molecule has 6 heteroatoms. The molecule has 0 radical (unpaired) electrons. The Morgan fingerprint density at radius 1 is 1.04 bits per heavy atom. The molecule has 0 aromatic heterocycles. The molecule has 1 aliphatic rings. The van der Waals surface area contributed by atoms with E-state index in [0.717, 1.165) is 12.8 Å². The molecule has 2 rings (SSSR count). The second kappa shape index (κ2) is 9.01. The summed E-state index contributed by atoms with van der Waals surface area (Å²) in [6, 6.07) is 4.41. The topological polar surface area (TPSA) is 81.7 Å². The standard InChI is InChI=1S/C19H23NO5/c1-3-24-18(22)14-10-15(19(23)25-4-2)12-16(11-14)20-17(21)9-13-7-5-6-8-13/h5,7,10-13H,3-4,6,8-9H2,1-2H3,(H,20,21)/t13-/m1/s1. The highest BCUT2D eigenvalue weighted by molar-refractivity contribution is 5.99. The van der Waals surface area contributed by atoms with Crippen LogP contribution >= 0.6 is 0 Å². The molecule has 0 spiro atoms. The highest BCUT2D eigenvalue weighted by Crippen LogP contribution is 2.22. The van der Waals surface area contributed by atoms with Gasteiger partial charge in [0.05, 0.1) is 24.3 Å². The average molecular weight is 345 g/mol. The van der Waals surface area contributed by atoms with E-state index in [2.05, 4.69) is 11.4 Å². The molecule has 0 aliphatic heterocycles. The van der Waals surface area contributed by atoms with Crippen molar-refractivity contribution >= 4 is 23.5 Å². The number of amides is 1. The normalized spacial score (nSPS) is 15.7. The second-order valence-electron chi connectivity index (χ2n) is 5.76. The monoisotopic (exact) mass is 345 g/mol. The molecule has 0 bridgehead atoms. The molecule has 6 nitrogen and oxygen atoms in total. The van der Waals surface area contributed by atoms with Gasteiger partial charge in [-0.2, -0.15) is 0 Å². The van der Waals surface area contributed by atoms with Crippen LogP contribution in [0.1, 0.15) is 53.8 Å². The summed E-state index contributed by atoms with van der Waals surface area (Å²) in [6.07, 6.45) is 6.43. The van der Waals surface area contributed by atoms with Crippen molar-refractivity contribution in [2.24, 2.45) is 5.92 Å². The highest BCUT2D eigenvalue weighted by atomic mass is 16.5. The van der Waals surface area contributed by atoms with Crippen LogP contribution in [0.5, 0.6) is 0 Å². The smallest absolute Gasteiger partial charge is 0.338 e. The number of allylic oxidation sites excluding steroid dienone is 2. The van der Waals surface area contributed by atoms with Crippen molar-refractivity contribution < 1.29 is 23.9 Å². The van der Waals surface area contributed by atoms with Gasteiger partial charge in [-0.25, -0.2) is 9.59 Å². The van der Waals surface area contributed by atoms with Gasteiger partial charge in [0.15, 0.2) is 0 Å². The number of ether oxygens (including phenoxy) is 2. The molecule has 0 saturated heterocycles. The van der Waals surface area contributed by atoms with Gasteiger partial charge in [-0.05, 0) is 50.8 Å². The molecule has 1 amide bonds.